The minimum absolute atomic E-state index is 0.440. The van der Waals surface area contributed by atoms with Crippen LogP contribution in [0.15, 0.2) is 0 Å². The van der Waals surface area contributed by atoms with E-state index >= 15 is 0 Å². The summed E-state index contributed by atoms with van der Waals surface area (Å²) in [6.07, 6.45) is 6.14. The van der Waals surface area contributed by atoms with E-state index in [1.807, 2.05) is 0 Å². The Hall–Kier alpha value is 0.210. The summed E-state index contributed by atoms with van der Waals surface area (Å²) in [4.78, 5) is 2.23. The summed E-state index contributed by atoms with van der Waals surface area (Å²) in [6, 6.07) is 0.729. The first-order valence-corrected chi connectivity index (χ1v) is 6.14. The van der Waals surface area contributed by atoms with Gasteiger partial charge in [-0.15, -0.1) is 11.6 Å². The van der Waals surface area contributed by atoms with Gasteiger partial charge in [0.05, 0.1) is 0 Å². The topological polar surface area (TPSA) is 15.3 Å². The second-order valence-electron chi connectivity index (χ2n) is 4.56. The van der Waals surface area contributed by atoms with Crippen molar-refractivity contribution in [2.75, 3.05) is 27.2 Å². The Kier molecular flexibility index (Phi) is 5.83. The molecule has 14 heavy (non-hydrogen) atoms. The Morgan fingerprint density at radius 2 is 1.86 bits per heavy atom. The van der Waals surface area contributed by atoms with Gasteiger partial charge >= 0.3 is 0 Å². The van der Waals surface area contributed by atoms with E-state index in [0.717, 1.165) is 12.6 Å². The highest BCUT2D eigenvalue weighted by Gasteiger charge is 2.18. The lowest BCUT2D eigenvalue weighted by Crippen LogP contribution is -2.35. The molecule has 1 N–H and O–H groups in total. The van der Waals surface area contributed by atoms with Gasteiger partial charge in [-0.2, -0.15) is 0 Å². The lowest BCUT2D eigenvalue weighted by Gasteiger charge is -2.26. The highest BCUT2D eigenvalue weighted by Crippen LogP contribution is 2.22. The highest BCUT2D eigenvalue weighted by molar-refractivity contribution is 6.20. The van der Waals surface area contributed by atoms with Crippen molar-refractivity contribution < 1.29 is 0 Å². The van der Waals surface area contributed by atoms with E-state index in [1.54, 1.807) is 0 Å². The van der Waals surface area contributed by atoms with Crippen LogP contribution in [0.1, 0.15) is 32.1 Å². The molecule has 0 bridgehead atoms. The van der Waals surface area contributed by atoms with Gasteiger partial charge in [0, 0.05) is 11.4 Å². The third kappa shape index (κ3) is 5.18. The van der Waals surface area contributed by atoms with Crippen molar-refractivity contribution >= 4 is 11.6 Å². The molecule has 1 rings (SSSR count). The molecule has 0 heterocycles. The van der Waals surface area contributed by atoms with E-state index in [0.29, 0.717) is 5.38 Å². The van der Waals surface area contributed by atoms with Crippen molar-refractivity contribution in [2.45, 2.75) is 43.5 Å². The smallest absolute Gasteiger partial charge is 0.0337 e. The minimum atomic E-state index is 0.440. The number of nitrogens with one attached hydrogen (secondary N) is 1. The second-order valence-corrected chi connectivity index (χ2v) is 5.18. The van der Waals surface area contributed by atoms with Crippen LogP contribution in [0.4, 0.5) is 0 Å². The first kappa shape index (κ1) is 12.3. The van der Waals surface area contributed by atoms with Gasteiger partial charge in [-0.3, -0.25) is 0 Å². The average Bonchev–Trinajstić information content (AvgIpc) is 2.15. The van der Waals surface area contributed by atoms with Crippen molar-refractivity contribution in [1.29, 1.82) is 0 Å². The summed E-state index contributed by atoms with van der Waals surface area (Å²) in [5.41, 5.74) is 0. The van der Waals surface area contributed by atoms with Crippen LogP contribution in [0.5, 0.6) is 0 Å². The highest BCUT2D eigenvalue weighted by atomic mass is 35.5. The van der Waals surface area contributed by atoms with E-state index < -0.39 is 0 Å². The summed E-state index contributed by atoms with van der Waals surface area (Å²) in [5.74, 6) is 0. The maximum absolute atomic E-state index is 6.05. The van der Waals surface area contributed by atoms with Gasteiger partial charge in [-0.05, 0) is 59.3 Å². The predicted molar refractivity (Wildman–Crippen MR) is 63.1 cm³/mol. The molecular formula is C11H23ClN2. The van der Waals surface area contributed by atoms with E-state index in [9.17, 15) is 0 Å². The molecule has 84 valence electrons. The van der Waals surface area contributed by atoms with Crippen molar-refractivity contribution in [2.24, 2.45) is 0 Å². The summed E-state index contributed by atoms with van der Waals surface area (Å²) in [7, 11) is 4.25. The maximum Gasteiger partial charge on any atom is 0.0337 e. The Labute approximate surface area is 93.0 Å². The minimum Gasteiger partial charge on any atom is -0.314 e. The molecule has 0 saturated heterocycles. The van der Waals surface area contributed by atoms with Crippen molar-refractivity contribution in [3.63, 3.8) is 0 Å². The molecule has 1 saturated carbocycles. The number of halogens is 1. The van der Waals surface area contributed by atoms with E-state index in [2.05, 4.69) is 24.3 Å². The van der Waals surface area contributed by atoms with Crippen molar-refractivity contribution in [3.8, 4) is 0 Å². The molecule has 0 spiro atoms. The van der Waals surface area contributed by atoms with E-state index in [4.69, 9.17) is 11.6 Å². The SMILES string of the molecule is CN(C)CCCNC1CCC(Cl)CC1. The fourth-order valence-electron chi connectivity index (χ4n) is 1.96. The molecule has 0 amide bonds. The monoisotopic (exact) mass is 218 g/mol. The zero-order valence-corrected chi connectivity index (χ0v) is 10.2. The number of nitrogens with zero attached hydrogens (tertiary/aromatic N) is 1. The molecule has 0 aromatic heterocycles. The van der Waals surface area contributed by atoms with Gasteiger partial charge in [-0.1, -0.05) is 0 Å². The predicted octanol–water partition coefficient (Wildman–Crippen LogP) is 2.08. The fourth-order valence-corrected chi connectivity index (χ4v) is 2.21. The lowest BCUT2D eigenvalue weighted by molar-refractivity contribution is 0.352. The van der Waals surface area contributed by atoms with Crippen LogP contribution >= 0.6 is 11.6 Å². The van der Waals surface area contributed by atoms with Gasteiger partial charge in [-0.25, -0.2) is 0 Å². The Bertz CT molecular complexity index is 142. The molecule has 0 aliphatic heterocycles. The van der Waals surface area contributed by atoms with Crippen LogP contribution in [0, 0.1) is 0 Å². The first-order chi connectivity index (χ1) is 6.68. The standard InChI is InChI=1S/C11H23ClN2/c1-14(2)9-3-8-13-11-6-4-10(12)5-7-11/h10-11,13H,3-9H2,1-2H3. The summed E-state index contributed by atoms with van der Waals surface area (Å²) >= 11 is 6.05. The van der Waals surface area contributed by atoms with E-state index in [1.165, 1.54) is 38.6 Å². The van der Waals surface area contributed by atoms with Gasteiger partial charge in [0.2, 0.25) is 0 Å². The Morgan fingerprint density at radius 1 is 1.21 bits per heavy atom. The summed E-state index contributed by atoms with van der Waals surface area (Å²) in [6.45, 7) is 2.33. The quantitative estimate of drug-likeness (QED) is 0.562. The zero-order chi connectivity index (χ0) is 10.4. The number of hydrogen-bond donors (Lipinski definition) is 1. The Morgan fingerprint density at radius 3 is 2.43 bits per heavy atom. The van der Waals surface area contributed by atoms with Crippen LogP contribution in [0.2, 0.25) is 0 Å². The number of alkyl halides is 1. The van der Waals surface area contributed by atoms with Crippen molar-refractivity contribution in [3.05, 3.63) is 0 Å². The van der Waals surface area contributed by atoms with Crippen LogP contribution in [0.3, 0.4) is 0 Å². The molecule has 0 unspecified atom stereocenters. The lowest BCUT2D eigenvalue weighted by atomic mass is 9.95. The van der Waals surface area contributed by atoms with Gasteiger partial charge < -0.3 is 10.2 Å². The number of rotatable bonds is 5. The average molecular weight is 219 g/mol. The van der Waals surface area contributed by atoms with Gasteiger partial charge in [0.25, 0.3) is 0 Å². The zero-order valence-electron chi connectivity index (χ0n) is 9.43. The first-order valence-electron chi connectivity index (χ1n) is 5.70. The van der Waals surface area contributed by atoms with Crippen LogP contribution in [-0.2, 0) is 0 Å². The Balaban J connectivity index is 1.96. The summed E-state index contributed by atoms with van der Waals surface area (Å²) < 4.78 is 0. The molecule has 1 aliphatic carbocycles. The maximum atomic E-state index is 6.05. The van der Waals surface area contributed by atoms with Gasteiger partial charge in [0.15, 0.2) is 0 Å². The largest absolute Gasteiger partial charge is 0.314 e. The van der Waals surface area contributed by atoms with E-state index in [-0.39, 0.29) is 0 Å². The molecule has 3 heteroatoms. The van der Waals surface area contributed by atoms with Crippen molar-refractivity contribution in [1.82, 2.24) is 10.2 Å². The van der Waals surface area contributed by atoms with Gasteiger partial charge in [0.1, 0.15) is 0 Å². The fraction of sp³-hybridized carbons (Fsp3) is 1.00. The molecular weight excluding hydrogens is 196 g/mol. The third-order valence-corrected chi connectivity index (χ3v) is 3.31. The number of hydrogen-bond acceptors (Lipinski definition) is 2. The van der Waals surface area contributed by atoms with Crippen LogP contribution in [0.25, 0.3) is 0 Å². The molecule has 2 nitrogen and oxygen atoms in total. The second kappa shape index (κ2) is 6.65. The molecule has 0 atom stereocenters. The molecule has 0 radical (unpaired) electrons. The van der Waals surface area contributed by atoms with Crippen LogP contribution in [-0.4, -0.2) is 43.5 Å². The molecule has 1 fully saturated rings. The molecule has 1 aliphatic rings. The molecule has 0 aromatic rings. The summed E-state index contributed by atoms with van der Waals surface area (Å²) in [5, 5.41) is 4.05. The third-order valence-electron chi connectivity index (χ3n) is 2.87. The normalized spacial score (nSPS) is 28.3. The molecule has 0 aromatic carbocycles. The van der Waals surface area contributed by atoms with Crippen LogP contribution < -0.4 is 5.32 Å².